The third-order valence-electron chi connectivity index (χ3n) is 6.09. The SMILES string of the molecule is Nc1nccc2c1n(-c1ccc(Oc3ccccc3)cc1)c(=O)n2[C@@H]1CCCN(C(=O)SCO)C1. The number of ether oxygens (including phenoxy) is 1. The lowest BCUT2D eigenvalue weighted by molar-refractivity contribution is 0.188. The van der Waals surface area contributed by atoms with Gasteiger partial charge in [-0.25, -0.2) is 9.78 Å². The van der Waals surface area contributed by atoms with Crippen molar-refractivity contribution in [2.45, 2.75) is 18.9 Å². The van der Waals surface area contributed by atoms with Crippen LogP contribution in [0.5, 0.6) is 11.5 Å². The first-order valence-corrected chi connectivity index (χ1v) is 12.3. The van der Waals surface area contributed by atoms with Crippen molar-refractivity contribution in [1.82, 2.24) is 19.0 Å². The summed E-state index contributed by atoms with van der Waals surface area (Å²) in [5, 5.41) is 8.93. The number of nitrogen functional groups attached to an aromatic ring is 1. The highest BCUT2D eigenvalue weighted by atomic mass is 32.2. The number of aliphatic hydroxyl groups is 1. The molecule has 1 fully saturated rings. The average Bonchev–Trinajstić information content (AvgIpc) is 3.18. The van der Waals surface area contributed by atoms with E-state index in [1.165, 1.54) is 0 Å². The van der Waals surface area contributed by atoms with Crippen molar-refractivity contribution in [3.8, 4) is 17.2 Å². The van der Waals surface area contributed by atoms with Crippen molar-refractivity contribution in [1.29, 1.82) is 0 Å². The molecular formula is C25H25N5O4S. The quantitative estimate of drug-likeness (QED) is 0.405. The Morgan fingerprint density at radius 2 is 1.86 bits per heavy atom. The third kappa shape index (κ3) is 4.50. The van der Waals surface area contributed by atoms with Gasteiger partial charge in [-0.1, -0.05) is 18.2 Å². The number of pyridine rings is 1. The summed E-state index contributed by atoms with van der Waals surface area (Å²) in [6, 6.07) is 18.2. The maximum absolute atomic E-state index is 13.8. The van der Waals surface area contributed by atoms with Crippen molar-refractivity contribution in [3.63, 3.8) is 0 Å². The molecule has 2 aromatic carbocycles. The molecule has 0 radical (unpaired) electrons. The van der Waals surface area contributed by atoms with Crippen molar-refractivity contribution < 1.29 is 14.6 Å². The van der Waals surface area contributed by atoms with Gasteiger partial charge in [-0.3, -0.25) is 13.9 Å². The number of carbonyl (C=O) groups excluding carboxylic acids is 1. The van der Waals surface area contributed by atoms with Gasteiger partial charge in [0.05, 0.1) is 23.2 Å². The van der Waals surface area contributed by atoms with Crippen LogP contribution >= 0.6 is 11.8 Å². The predicted molar refractivity (Wildman–Crippen MR) is 136 cm³/mol. The van der Waals surface area contributed by atoms with Gasteiger partial charge < -0.3 is 20.5 Å². The number of nitrogens with two attached hydrogens (primary N) is 1. The number of hydrogen-bond acceptors (Lipinski definition) is 7. The molecule has 35 heavy (non-hydrogen) atoms. The smallest absolute Gasteiger partial charge is 0.334 e. The minimum absolute atomic E-state index is 0.191. The Balaban J connectivity index is 1.53. The van der Waals surface area contributed by atoms with Crippen molar-refractivity contribution in [3.05, 3.63) is 77.3 Å². The molecule has 0 saturated carbocycles. The standard InChI is InChI=1S/C25H25N5O4S/c26-23-22-21(12-13-27-23)29(18-5-4-14-28(15-18)25(33)35-16-31)24(32)30(22)17-8-10-20(11-9-17)34-19-6-2-1-3-7-19/h1-3,6-13,18,31H,4-5,14-16H2,(H2,26,27)/t18-/m1/s1. The van der Waals surface area contributed by atoms with E-state index in [2.05, 4.69) is 4.98 Å². The molecule has 1 saturated heterocycles. The number of anilines is 1. The lowest BCUT2D eigenvalue weighted by Crippen LogP contribution is -2.41. The van der Waals surface area contributed by atoms with Crippen LogP contribution in [0.2, 0.25) is 0 Å². The third-order valence-corrected chi connectivity index (χ3v) is 6.73. The van der Waals surface area contributed by atoms with Gasteiger partial charge >= 0.3 is 5.69 Å². The summed E-state index contributed by atoms with van der Waals surface area (Å²) in [5.74, 6) is 1.34. The normalized spacial score (nSPS) is 15.9. The number of hydrogen-bond donors (Lipinski definition) is 2. The van der Waals surface area contributed by atoms with Crippen molar-refractivity contribution in [2.24, 2.45) is 0 Å². The van der Waals surface area contributed by atoms with Crippen LogP contribution in [0.15, 0.2) is 71.7 Å². The first-order valence-electron chi connectivity index (χ1n) is 11.3. The van der Waals surface area contributed by atoms with E-state index >= 15 is 0 Å². The molecule has 180 valence electrons. The largest absolute Gasteiger partial charge is 0.457 e. The Labute approximate surface area is 205 Å². The molecule has 1 amide bonds. The summed E-state index contributed by atoms with van der Waals surface area (Å²) in [4.78, 5) is 32.0. The molecule has 3 N–H and O–H groups in total. The highest BCUT2D eigenvalue weighted by Crippen LogP contribution is 2.30. The molecule has 1 aliphatic rings. The minimum atomic E-state index is -0.272. The zero-order valence-electron chi connectivity index (χ0n) is 18.9. The fourth-order valence-electron chi connectivity index (χ4n) is 4.55. The molecule has 2 aromatic heterocycles. The van der Waals surface area contributed by atoms with E-state index in [9.17, 15) is 9.59 Å². The van der Waals surface area contributed by atoms with Crippen LogP contribution in [-0.2, 0) is 0 Å². The molecule has 10 heteroatoms. The summed E-state index contributed by atoms with van der Waals surface area (Å²) in [5.41, 5.74) is 7.84. The van der Waals surface area contributed by atoms with Gasteiger partial charge in [-0.15, -0.1) is 0 Å². The average molecular weight is 492 g/mol. The zero-order chi connectivity index (χ0) is 24.4. The van der Waals surface area contributed by atoms with Crippen LogP contribution in [0.4, 0.5) is 10.6 Å². The first-order chi connectivity index (χ1) is 17.1. The topological polar surface area (TPSA) is 116 Å². The maximum Gasteiger partial charge on any atom is 0.334 e. The number of aliphatic hydroxyl groups excluding tert-OH is 1. The molecule has 0 unspecified atom stereocenters. The number of carbonyl (C=O) groups is 1. The number of fused-ring (bicyclic) bond motifs is 1. The Kier molecular flexibility index (Phi) is 6.47. The number of aromatic nitrogens is 3. The number of para-hydroxylation sites is 1. The Hall–Kier alpha value is -3.76. The van der Waals surface area contributed by atoms with E-state index in [0.717, 1.165) is 30.4 Å². The van der Waals surface area contributed by atoms with Crippen LogP contribution < -0.4 is 16.2 Å². The summed E-state index contributed by atoms with van der Waals surface area (Å²) >= 11 is 0.857. The second-order valence-corrected chi connectivity index (χ2v) is 9.14. The fraction of sp³-hybridized carbons (Fsp3) is 0.240. The van der Waals surface area contributed by atoms with E-state index in [1.54, 1.807) is 38.4 Å². The maximum atomic E-state index is 13.8. The molecule has 0 bridgehead atoms. The molecule has 9 nitrogen and oxygen atoms in total. The van der Waals surface area contributed by atoms with Crippen LogP contribution in [-0.4, -0.2) is 48.4 Å². The molecule has 0 spiro atoms. The number of benzene rings is 2. The molecule has 1 atom stereocenters. The van der Waals surface area contributed by atoms with Crippen molar-refractivity contribution >= 4 is 33.9 Å². The van der Waals surface area contributed by atoms with Crippen LogP contribution in [0.25, 0.3) is 16.7 Å². The monoisotopic (exact) mass is 491 g/mol. The fourth-order valence-corrected chi connectivity index (χ4v) is 5.01. The minimum Gasteiger partial charge on any atom is -0.457 e. The van der Waals surface area contributed by atoms with Gasteiger partial charge in [0.2, 0.25) is 0 Å². The second kappa shape index (κ2) is 9.85. The second-order valence-electron chi connectivity index (χ2n) is 8.24. The molecule has 5 rings (SSSR count). The Bertz CT molecular complexity index is 1400. The van der Waals surface area contributed by atoms with E-state index in [4.69, 9.17) is 15.6 Å². The summed E-state index contributed by atoms with van der Waals surface area (Å²) in [6.07, 6.45) is 3.09. The van der Waals surface area contributed by atoms with Crippen LogP contribution in [0.1, 0.15) is 18.9 Å². The summed E-state index contributed by atoms with van der Waals surface area (Å²) < 4.78 is 9.15. The Morgan fingerprint density at radius 3 is 2.60 bits per heavy atom. The molecule has 0 aliphatic carbocycles. The highest BCUT2D eigenvalue weighted by Gasteiger charge is 2.29. The molecule has 4 aromatic rings. The lowest BCUT2D eigenvalue weighted by Gasteiger charge is -2.32. The zero-order valence-corrected chi connectivity index (χ0v) is 19.7. The van der Waals surface area contributed by atoms with E-state index in [1.807, 2.05) is 42.5 Å². The first kappa shape index (κ1) is 23.0. The number of piperidine rings is 1. The van der Waals surface area contributed by atoms with E-state index in [-0.39, 0.29) is 28.7 Å². The number of rotatable bonds is 5. The summed E-state index contributed by atoms with van der Waals surface area (Å²) in [7, 11) is 0. The number of likely N-dealkylation sites (tertiary alicyclic amines) is 1. The van der Waals surface area contributed by atoms with Gasteiger partial charge in [0.1, 0.15) is 22.8 Å². The van der Waals surface area contributed by atoms with Crippen LogP contribution in [0, 0.1) is 0 Å². The lowest BCUT2D eigenvalue weighted by atomic mass is 10.1. The van der Waals surface area contributed by atoms with E-state index < -0.39 is 0 Å². The van der Waals surface area contributed by atoms with Crippen LogP contribution in [0.3, 0.4) is 0 Å². The molecule has 1 aliphatic heterocycles. The van der Waals surface area contributed by atoms with Gasteiger partial charge in [-0.05, 0) is 67.1 Å². The van der Waals surface area contributed by atoms with Gasteiger partial charge in [0, 0.05) is 19.3 Å². The van der Waals surface area contributed by atoms with Gasteiger partial charge in [-0.2, -0.15) is 0 Å². The van der Waals surface area contributed by atoms with E-state index in [0.29, 0.717) is 35.6 Å². The van der Waals surface area contributed by atoms with Gasteiger partial charge in [0.25, 0.3) is 5.24 Å². The number of amides is 1. The summed E-state index contributed by atoms with van der Waals surface area (Å²) in [6.45, 7) is 0.985. The number of thioether (sulfide) groups is 1. The number of nitrogens with zero attached hydrogens (tertiary/aromatic N) is 4. The molecule has 3 heterocycles. The van der Waals surface area contributed by atoms with Crippen molar-refractivity contribution in [2.75, 3.05) is 24.8 Å². The van der Waals surface area contributed by atoms with Gasteiger partial charge in [0.15, 0.2) is 0 Å². The number of imidazole rings is 1. The molecular weight excluding hydrogens is 466 g/mol. The highest BCUT2D eigenvalue weighted by molar-refractivity contribution is 8.13. The predicted octanol–water partition coefficient (Wildman–Crippen LogP) is 4.00. The Morgan fingerprint density at radius 1 is 1.11 bits per heavy atom.